The summed E-state index contributed by atoms with van der Waals surface area (Å²) in [6, 6.07) is 0. The molecule has 0 amide bonds. The molecule has 0 nitrogen and oxygen atoms in total. The zero-order chi connectivity index (χ0) is 9.19. The predicted octanol–water partition coefficient (Wildman–Crippen LogP) is 4.04. The summed E-state index contributed by atoms with van der Waals surface area (Å²) in [7, 11) is 5.91. The molecular weight excluding hydrogens is 209 g/mol. The Balaban J connectivity index is 2.88. The summed E-state index contributed by atoms with van der Waals surface area (Å²) < 4.78 is 36.6. The number of halogens is 4. The maximum atomic E-state index is 12.2. The first kappa shape index (κ1) is 9.99. The van der Waals surface area contributed by atoms with E-state index >= 15 is 0 Å². The third kappa shape index (κ3) is 2.20. The van der Waals surface area contributed by atoms with E-state index in [1.165, 1.54) is 12.2 Å². The van der Waals surface area contributed by atoms with Crippen molar-refractivity contribution >= 4 is 21.7 Å². The maximum Gasteiger partial charge on any atom is 0.417 e. The van der Waals surface area contributed by atoms with Gasteiger partial charge in [0.2, 0.25) is 0 Å². The molecule has 1 aliphatic carbocycles. The van der Waals surface area contributed by atoms with E-state index in [0.29, 0.717) is 23.8 Å². The predicted molar refractivity (Wildman–Crippen MR) is 44.9 cm³/mol. The smallest absolute Gasteiger partial charge is 0.166 e. The molecule has 0 aromatic heterocycles. The Morgan fingerprint density at radius 3 is 2.25 bits per heavy atom. The average molecular weight is 215 g/mol. The molecule has 12 heavy (non-hydrogen) atoms. The lowest BCUT2D eigenvalue weighted by Gasteiger charge is -2.15. The van der Waals surface area contributed by atoms with Gasteiger partial charge in [0.25, 0.3) is 0 Å². The summed E-state index contributed by atoms with van der Waals surface area (Å²) in [5.41, 5.74) is -0.603. The molecule has 0 saturated carbocycles. The zero-order valence-corrected chi connectivity index (χ0v) is 7.56. The highest BCUT2D eigenvalue weighted by atomic mass is 35.7. The number of rotatable bonds is 1. The first-order chi connectivity index (χ1) is 5.55. The molecule has 0 unspecified atom stereocenters. The lowest BCUT2D eigenvalue weighted by atomic mass is 10.1. The summed E-state index contributed by atoms with van der Waals surface area (Å²) in [6.07, 6.45) is -0.496. The molecule has 0 radical (unpaired) electrons. The van der Waals surface area contributed by atoms with Gasteiger partial charge in [-0.3, -0.25) is 0 Å². The molecule has 68 valence electrons. The monoisotopic (exact) mass is 214 g/mol. The Labute approximate surface area is 77.0 Å². The summed E-state index contributed by atoms with van der Waals surface area (Å²) >= 11 is 0. The van der Waals surface area contributed by atoms with E-state index in [4.69, 9.17) is 10.7 Å². The van der Waals surface area contributed by atoms with Crippen LogP contribution in [-0.4, -0.2) is 6.18 Å². The molecule has 0 heterocycles. The van der Waals surface area contributed by atoms with Crippen molar-refractivity contribution in [3.63, 3.8) is 0 Å². The fraction of sp³-hybridized carbons (Fsp3) is 0.429. The van der Waals surface area contributed by atoms with Gasteiger partial charge < -0.3 is 0 Å². The first-order valence-corrected chi connectivity index (χ1v) is 4.96. The van der Waals surface area contributed by atoms with Gasteiger partial charge in [-0.1, -0.05) is 12.2 Å². The van der Waals surface area contributed by atoms with Gasteiger partial charge >= 0.3 is 6.18 Å². The van der Waals surface area contributed by atoms with Gasteiger partial charge in [-0.15, -0.1) is 0 Å². The standard InChI is InChI=1S/C7H6ClF3S/c8-12-6-4-2-1-3-5(6)7(9,10)11/h3-4H,1-2H2. The fourth-order valence-electron chi connectivity index (χ4n) is 0.981. The third-order valence-corrected chi connectivity index (χ3v) is 2.55. The second-order valence-electron chi connectivity index (χ2n) is 2.34. The van der Waals surface area contributed by atoms with E-state index in [9.17, 15) is 13.2 Å². The molecule has 0 aromatic carbocycles. The highest BCUT2D eigenvalue weighted by Crippen LogP contribution is 2.40. The van der Waals surface area contributed by atoms with Crippen LogP contribution in [0.3, 0.4) is 0 Å². The number of hydrogen-bond donors (Lipinski definition) is 0. The highest BCUT2D eigenvalue weighted by Gasteiger charge is 2.36. The normalized spacial score (nSPS) is 18.7. The van der Waals surface area contributed by atoms with Crippen molar-refractivity contribution in [1.82, 2.24) is 0 Å². The largest absolute Gasteiger partial charge is 0.417 e. The number of alkyl halides is 3. The van der Waals surface area contributed by atoms with Crippen molar-refractivity contribution in [3.05, 3.63) is 22.6 Å². The molecule has 0 N–H and O–H groups in total. The quantitative estimate of drug-likeness (QED) is 0.635. The van der Waals surface area contributed by atoms with E-state index in [1.807, 2.05) is 0 Å². The Kier molecular flexibility index (Phi) is 3.12. The molecule has 0 fully saturated rings. The van der Waals surface area contributed by atoms with E-state index in [-0.39, 0.29) is 4.91 Å². The first-order valence-electron chi connectivity index (χ1n) is 3.32. The second-order valence-corrected chi connectivity index (χ2v) is 3.40. The summed E-state index contributed by atoms with van der Waals surface area (Å²) in [5, 5.41) is 0. The summed E-state index contributed by atoms with van der Waals surface area (Å²) in [6.45, 7) is 0. The summed E-state index contributed by atoms with van der Waals surface area (Å²) in [5.74, 6) is 0. The second kappa shape index (κ2) is 3.75. The van der Waals surface area contributed by atoms with E-state index in [1.54, 1.807) is 0 Å². The van der Waals surface area contributed by atoms with E-state index in [0.717, 1.165) is 0 Å². The molecule has 0 saturated heterocycles. The van der Waals surface area contributed by atoms with Gasteiger partial charge in [0, 0.05) is 4.91 Å². The van der Waals surface area contributed by atoms with Crippen molar-refractivity contribution in [1.29, 1.82) is 0 Å². The van der Waals surface area contributed by atoms with Crippen molar-refractivity contribution in [3.8, 4) is 0 Å². The van der Waals surface area contributed by atoms with Crippen LogP contribution in [0.5, 0.6) is 0 Å². The average Bonchev–Trinajstić information content (AvgIpc) is 2.03. The van der Waals surface area contributed by atoms with Crippen LogP contribution in [0, 0.1) is 0 Å². The van der Waals surface area contributed by atoms with Crippen molar-refractivity contribution in [2.24, 2.45) is 0 Å². The highest BCUT2D eigenvalue weighted by molar-refractivity contribution is 8.24. The van der Waals surface area contributed by atoms with Crippen molar-refractivity contribution < 1.29 is 13.2 Å². The van der Waals surface area contributed by atoms with Gasteiger partial charge in [-0.2, -0.15) is 13.2 Å². The Bertz CT molecular complexity index is 229. The molecule has 1 aliphatic rings. The Morgan fingerprint density at radius 2 is 1.83 bits per heavy atom. The number of hydrogen-bond acceptors (Lipinski definition) is 1. The van der Waals surface area contributed by atoms with Crippen LogP contribution in [-0.2, 0) is 0 Å². The zero-order valence-electron chi connectivity index (χ0n) is 5.99. The summed E-state index contributed by atoms with van der Waals surface area (Å²) in [4.78, 5) is 0.121. The molecule has 1 rings (SSSR count). The van der Waals surface area contributed by atoms with Crippen LogP contribution in [0.4, 0.5) is 13.2 Å². The lowest BCUT2D eigenvalue weighted by Crippen LogP contribution is -2.13. The molecular formula is C7H6ClF3S. The Morgan fingerprint density at radius 1 is 1.25 bits per heavy atom. The molecule has 0 bridgehead atoms. The number of allylic oxidation sites excluding steroid dienone is 3. The fourth-order valence-corrected chi connectivity index (χ4v) is 1.88. The minimum atomic E-state index is -4.27. The minimum absolute atomic E-state index is 0.121. The van der Waals surface area contributed by atoms with Gasteiger partial charge in [0.05, 0.1) is 5.57 Å². The Hall–Kier alpha value is -0.0900. The van der Waals surface area contributed by atoms with Crippen LogP contribution in [0.15, 0.2) is 22.6 Å². The minimum Gasteiger partial charge on any atom is -0.166 e. The van der Waals surface area contributed by atoms with Crippen molar-refractivity contribution in [2.45, 2.75) is 19.0 Å². The molecule has 0 aromatic rings. The molecule has 0 spiro atoms. The molecule has 0 atom stereocenters. The molecule has 5 heteroatoms. The molecule has 0 aliphatic heterocycles. The lowest BCUT2D eigenvalue weighted by molar-refractivity contribution is -0.0889. The van der Waals surface area contributed by atoms with Crippen LogP contribution in [0.1, 0.15) is 12.8 Å². The van der Waals surface area contributed by atoms with Crippen LogP contribution in [0.2, 0.25) is 0 Å². The van der Waals surface area contributed by atoms with Crippen LogP contribution < -0.4 is 0 Å². The van der Waals surface area contributed by atoms with Crippen LogP contribution >= 0.6 is 21.7 Å². The van der Waals surface area contributed by atoms with Gasteiger partial charge in [-0.25, -0.2) is 0 Å². The SMILES string of the molecule is FC(F)(F)C1=CCCC=C1SCl. The topological polar surface area (TPSA) is 0 Å². The van der Waals surface area contributed by atoms with Gasteiger partial charge in [-0.05, 0) is 34.5 Å². The third-order valence-electron chi connectivity index (χ3n) is 1.50. The van der Waals surface area contributed by atoms with Gasteiger partial charge in [0.15, 0.2) is 0 Å². The van der Waals surface area contributed by atoms with E-state index < -0.39 is 11.7 Å². The van der Waals surface area contributed by atoms with E-state index in [2.05, 4.69) is 0 Å². The van der Waals surface area contributed by atoms with Gasteiger partial charge in [0.1, 0.15) is 0 Å². The maximum absolute atomic E-state index is 12.2. The van der Waals surface area contributed by atoms with Crippen molar-refractivity contribution in [2.75, 3.05) is 0 Å². The van der Waals surface area contributed by atoms with Crippen LogP contribution in [0.25, 0.3) is 0 Å².